The minimum Gasteiger partial charge on any atom is -0.549 e. The zero-order valence-electron chi connectivity index (χ0n) is 11.4. The first-order valence-corrected chi connectivity index (χ1v) is 6.29. The maximum atomic E-state index is 11.2. The lowest BCUT2D eigenvalue weighted by Gasteiger charge is -2.20. The Morgan fingerprint density at radius 3 is 2.63 bits per heavy atom. The highest BCUT2D eigenvalue weighted by Gasteiger charge is 2.25. The number of hydrogen-bond acceptors (Lipinski definition) is 4. The summed E-state index contributed by atoms with van der Waals surface area (Å²) in [6, 6.07) is 3.69. The molecule has 1 aliphatic carbocycles. The van der Waals surface area contributed by atoms with Crippen molar-refractivity contribution >= 4 is 11.5 Å². The van der Waals surface area contributed by atoms with Gasteiger partial charge in [0.15, 0.2) is 11.5 Å². The summed E-state index contributed by atoms with van der Waals surface area (Å²) >= 11 is 0. The summed E-state index contributed by atoms with van der Waals surface area (Å²) < 4.78 is 10.6. The van der Waals surface area contributed by atoms with Gasteiger partial charge >= 0.3 is 0 Å². The van der Waals surface area contributed by atoms with E-state index < -0.39 is 11.9 Å². The van der Waals surface area contributed by atoms with Gasteiger partial charge in [-0.15, -0.1) is 0 Å². The van der Waals surface area contributed by atoms with E-state index in [1.54, 1.807) is 20.3 Å². The van der Waals surface area contributed by atoms with Crippen LogP contribution in [0.15, 0.2) is 18.2 Å². The first-order valence-electron chi connectivity index (χ1n) is 6.29. The van der Waals surface area contributed by atoms with Gasteiger partial charge in [-0.1, -0.05) is 19.1 Å². The Balaban J connectivity index is 2.47. The van der Waals surface area contributed by atoms with Crippen LogP contribution < -0.4 is 14.6 Å². The lowest BCUT2D eigenvalue weighted by molar-refractivity contribution is -0.309. The normalized spacial score (nSPS) is 14.6. The van der Waals surface area contributed by atoms with E-state index >= 15 is 0 Å². The van der Waals surface area contributed by atoms with Crippen molar-refractivity contribution in [3.8, 4) is 11.5 Å². The topological polar surface area (TPSA) is 58.6 Å². The second kappa shape index (κ2) is 5.34. The van der Waals surface area contributed by atoms with Gasteiger partial charge in [0.05, 0.1) is 14.2 Å². The summed E-state index contributed by atoms with van der Waals surface area (Å²) in [4.78, 5) is 11.2. The number of ether oxygens (including phenoxy) is 2. The van der Waals surface area contributed by atoms with Gasteiger partial charge in [-0.3, -0.25) is 0 Å². The van der Waals surface area contributed by atoms with Crippen molar-refractivity contribution < 1.29 is 19.4 Å². The summed E-state index contributed by atoms with van der Waals surface area (Å²) in [6.45, 7) is 1.85. The van der Waals surface area contributed by atoms with Gasteiger partial charge in [-0.05, 0) is 30.0 Å². The number of hydrogen-bond donors (Lipinski definition) is 0. The number of fused-ring (bicyclic) bond motifs is 1. The smallest absolute Gasteiger partial charge is 0.164 e. The van der Waals surface area contributed by atoms with Crippen molar-refractivity contribution in [1.29, 1.82) is 0 Å². The molecule has 4 nitrogen and oxygen atoms in total. The maximum Gasteiger partial charge on any atom is 0.164 e. The number of carbonyl (C=O) groups is 1. The fourth-order valence-corrected chi connectivity index (χ4v) is 2.63. The Labute approximate surface area is 112 Å². The highest BCUT2D eigenvalue weighted by atomic mass is 16.5. The van der Waals surface area contributed by atoms with Crippen LogP contribution in [0.5, 0.6) is 11.5 Å². The van der Waals surface area contributed by atoms with Gasteiger partial charge in [-0.25, -0.2) is 0 Å². The summed E-state index contributed by atoms with van der Waals surface area (Å²) in [5.74, 6) is -0.257. The van der Waals surface area contributed by atoms with Gasteiger partial charge in [0.1, 0.15) is 0 Å². The Kier molecular flexibility index (Phi) is 3.79. The van der Waals surface area contributed by atoms with Crippen LogP contribution in [0.3, 0.4) is 0 Å². The molecule has 1 atom stereocenters. The molecule has 0 fully saturated rings. The van der Waals surface area contributed by atoms with Crippen molar-refractivity contribution in [2.75, 3.05) is 14.2 Å². The SMILES string of the molecule is CCC(C(=O)[O-])C1=CCc2c1ccc(OC)c2OC. The quantitative estimate of drug-likeness (QED) is 0.804. The van der Waals surface area contributed by atoms with Crippen LogP contribution >= 0.6 is 0 Å². The van der Waals surface area contributed by atoms with E-state index in [0.717, 1.165) is 16.7 Å². The molecule has 1 unspecified atom stereocenters. The molecule has 1 aromatic rings. The summed E-state index contributed by atoms with van der Waals surface area (Å²) in [6.07, 6.45) is 3.12. The van der Waals surface area contributed by atoms with Crippen LogP contribution in [0, 0.1) is 5.92 Å². The number of carboxylic acids is 1. The van der Waals surface area contributed by atoms with E-state index in [9.17, 15) is 9.90 Å². The molecule has 2 rings (SSSR count). The van der Waals surface area contributed by atoms with Gasteiger partial charge in [0.25, 0.3) is 0 Å². The predicted molar refractivity (Wildman–Crippen MR) is 70.0 cm³/mol. The number of aliphatic carboxylic acids is 1. The number of rotatable bonds is 5. The molecule has 0 aliphatic heterocycles. The largest absolute Gasteiger partial charge is 0.549 e. The Hall–Kier alpha value is -1.97. The molecule has 0 heterocycles. The lowest BCUT2D eigenvalue weighted by atomic mass is 9.91. The van der Waals surface area contributed by atoms with Crippen molar-refractivity contribution in [2.24, 2.45) is 5.92 Å². The van der Waals surface area contributed by atoms with Crippen molar-refractivity contribution in [3.63, 3.8) is 0 Å². The monoisotopic (exact) mass is 261 g/mol. The first kappa shape index (κ1) is 13.5. The second-order valence-electron chi connectivity index (χ2n) is 4.47. The number of benzene rings is 1. The van der Waals surface area contributed by atoms with Crippen LogP contribution in [0.2, 0.25) is 0 Å². The average Bonchev–Trinajstić information content (AvgIpc) is 2.82. The average molecular weight is 261 g/mol. The van der Waals surface area contributed by atoms with Crippen LogP contribution in [-0.2, 0) is 11.2 Å². The van der Waals surface area contributed by atoms with Gasteiger partial charge in [0.2, 0.25) is 0 Å². The number of methoxy groups -OCH3 is 2. The molecule has 0 bridgehead atoms. The standard InChI is InChI=1S/C15H18O4/c1-4-9(15(16)17)10-5-6-12-11(10)7-8-13(18-2)14(12)19-3/h5,7-9H,4,6H2,1-3H3,(H,16,17)/p-1. The first-order chi connectivity index (χ1) is 9.13. The lowest BCUT2D eigenvalue weighted by Crippen LogP contribution is -2.31. The molecule has 0 N–H and O–H groups in total. The number of allylic oxidation sites excluding steroid dienone is 1. The van der Waals surface area contributed by atoms with Crippen LogP contribution in [0.25, 0.3) is 5.57 Å². The van der Waals surface area contributed by atoms with Gasteiger partial charge in [-0.2, -0.15) is 0 Å². The number of carboxylic acid groups (broad SMARTS) is 1. The Morgan fingerprint density at radius 2 is 2.11 bits per heavy atom. The zero-order chi connectivity index (χ0) is 14.0. The molecule has 19 heavy (non-hydrogen) atoms. The van der Waals surface area contributed by atoms with E-state index in [0.29, 0.717) is 24.3 Å². The molecule has 0 saturated carbocycles. The van der Waals surface area contributed by atoms with Crippen molar-refractivity contribution in [3.05, 3.63) is 29.3 Å². The van der Waals surface area contributed by atoms with Crippen molar-refractivity contribution in [2.45, 2.75) is 19.8 Å². The molecular weight excluding hydrogens is 244 g/mol. The van der Waals surface area contributed by atoms with Gasteiger partial charge in [0, 0.05) is 17.5 Å². The summed E-state index contributed by atoms with van der Waals surface area (Å²) in [5.41, 5.74) is 2.73. The molecule has 4 heteroatoms. The molecular formula is C15H17O4-. The van der Waals surface area contributed by atoms with E-state index in [-0.39, 0.29) is 0 Å². The van der Waals surface area contributed by atoms with E-state index in [4.69, 9.17) is 9.47 Å². The maximum absolute atomic E-state index is 11.2. The van der Waals surface area contributed by atoms with Crippen LogP contribution in [-0.4, -0.2) is 20.2 Å². The minimum absolute atomic E-state index is 0.516. The van der Waals surface area contributed by atoms with Crippen molar-refractivity contribution in [1.82, 2.24) is 0 Å². The molecule has 0 amide bonds. The third-order valence-electron chi connectivity index (χ3n) is 3.55. The zero-order valence-corrected chi connectivity index (χ0v) is 11.4. The molecule has 0 spiro atoms. The van der Waals surface area contributed by atoms with Crippen LogP contribution in [0.4, 0.5) is 0 Å². The Morgan fingerprint density at radius 1 is 1.37 bits per heavy atom. The number of carbonyl (C=O) groups excluding carboxylic acids is 1. The fraction of sp³-hybridized carbons (Fsp3) is 0.400. The molecule has 0 radical (unpaired) electrons. The van der Waals surface area contributed by atoms with E-state index in [1.807, 2.05) is 19.1 Å². The van der Waals surface area contributed by atoms with Crippen LogP contribution in [0.1, 0.15) is 24.5 Å². The highest BCUT2D eigenvalue weighted by molar-refractivity contribution is 5.90. The minimum atomic E-state index is -1.03. The predicted octanol–water partition coefficient (Wildman–Crippen LogP) is 1.42. The second-order valence-corrected chi connectivity index (χ2v) is 4.47. The summed E-state index contributed by atoms with van der Waals surface area (Å²) in [7, 11) is 3.18. The third-order valence-corrected chi connectivity index (χ3v) is 3.55. The fourth-order valence-electron chi connectivity index (χ4n) is 2.63. The molecule has 0 aromatic heterocycles. The third kappa shape index (κ3) is 2.18. The Bertz CT molecular complexity index is 531. The molecule has 102 valence electrons. The molecule has 1 aromatic carbocycles. The van der Waals surface area contributed by atoms with Gasteiger partial charge < -0.3 is 19.4 Å². The molecule has 1 aliphatic rings. The van der Waals surface area contributed by atoms with E-state index in [2.05, 4.69) is 0 Å². The van der Waals surface area contributed by atoms with E-state index in [1.165, 1.54) is 0 Å². The molecule has 0 saturated heterocycles. The highest BCUT2D eigenvalue weighted by Crippen LogP contribution is 2.43. The summed E-state index contributed by atoms with van der Waals surface area (Å²) in [5, 5.41) is 11.2.